The van der Waals surface area contributed by atoms with Gasteiger partial charge in [-0.25, -0.2) is 4.39 Å². The predicted molar refractivity (Wildman–Crippen MR) is 75.0 cm³/mol. The van der Waals surface area contributed by atoms with E-state index in [1.54, 1.807) is 12.1 Å². The molecule has 3 heteroatoms. The second-order valence-electron chi connectivity index (χ2n) is 5.80. The summed E-state index contributed by atoms with van der Waals surface area (Å²) in [6.45, 7) is 1.89. The molecule has 0 bridgehead atoms. The van der Waals surface area contributed by atoms with E-state index in [0.29, 0.717) is 0 Å². The molecule has 1 aromatic carbocycles. The number of carbonyl (C=O) groups is 1. The topological polar surface area (TPSA) is 20.3 Å². The van der Waals surface area contributed by atoms with Gasteiger partial charge in [-0.05, 0) is 46.0 Å². The minimum absolute atomic E-state index is 0.0570. The first kappa shape index (κ1) is 14.2. The third-order valence-corrected chi connectivity index (χ3v) is 4.33. The van der Waals surface area contributed by atoms with Gasteiger partial charge < -0.3 is 0 Å². The van der Waals surface area contributed by atoms with Gasteiger partial charge in [0.2, 0.25) is 0 Å². The molecule has 0 spiro atoms. The summed E-state index contributed by atoms with van der Waals surface area (Å²) in [6, 6.07) is 4.78. The van der Waals surface area contributed by atoms with E-state index < -0.39 is 11.4 Å². The molecule has 1 aromatic rings. The standard InChI is InChI=1S/C16H22FNO/c1-12-7-8-14(17)13(11-12)15(19)16(18(2)3)9-5-4-6-10-16/h7-8,11H,4-6,9-10H2,1-3H3. The molecule has 2 nitrogen and oxygen atoms in total. The number of hydrogen-bond acceptors (Lipinski definition) is 2. The highest BCUT2D eigenvalue weighted by atomic mass is 19.1. The number of aryl methyl sites for hydroxylation is 1. The van der Waals surface area contributed by atoms with Crippen LogP contribution in [0.25, 0.3) is 0 Å². The van der Waals surface area contributed by atoms with Gasteiger partial charge in [0.05, 0.1) is 11.1 Å². The Morgan fingerprint density at radius 3 is 2.42 bits per heavy atom. The van der Waals surface area contributed by atoms with Crippen LogP contribution in [0.2, 0.25) is 0 Å². The number of nitrogens with zero attached hydrogens (tertiary/aromatic N) is 1. The number of halogens is 1. The van der Waals surface area contributed by atoms with Crippen LogP contribution in [0.5, 0.6) is 0 Å². The van der Waals surface area contributed by atoms with Crippen molar-refractivity contribution in [3.8, 4) is 0 Å². The van der Waals surface area contributed by atoms with Gasteiger partial charge in [-0.3, -0.25) is 9.69 Å². The molecule has 1 aliphatic rings. The second kappa shape index (κ2) is 5.41. The van der Waals surface area contributed by atoms with Crippen molar-refractivity contribution in [2.24, 2.45) is 0 Å². The first-order valence-corrected chi connectivity index (χ1v) is 6.96. The van der Waals surface area contributed by atoms with Crippen LogP contribution < -0.4 is 0 Å². The number of carbonyl (C=O) groups excluding carboxylic acids is 1. The molecule has 0 N–H and O–H groups in total. The first-order chi connectivity index (χ1) is 8.97. The smallest absolute Gasteiger partial charge is 0.185 e. The summed E-state index contributed by atoms with van der Waals surface area (Å²) in [5.74, 6) is -0.458. The van der Waals surface area contributed by atoms with E-state index >= 15 is 0 Å². The molecule has 19 heavy (non-hydrogen) atoms. The van der Waals surface area contributed by atoms with Crippen LogP contribution in [-0.2, 0) is 0 Å². The molecule has 0 atom stereocenters. The van der Waals surface area contributed by atoms with Crippen molar-refractivity contribution in [1.29, 1.82) is 0 Å². The van der Waals surface area contributed by atoms with Gasteiger partial charge in [0.25, 0.3) is 0 Å². The summed E-state index contributed by atoms with van der Waals surface area (Å²) >= 11 is 0. The summed E-state index contributed by atoms with van der Waals surface area (Å²) in [7, 11) is 3.86. The van der Waals surface area contributed by atoms with Crippen LogP contribution in [0.15, 0.2) is 18.2 Å². The van der Waals surface area contributed by atoms with Crippen molar-refractivity contribution in [3.63, 3.8) is 0 Å². The van der Waals surface area contributed by atoms with Gasteiger partial charge in [0.1, 0.15) is 5.82 Å². The Hall–Kier alpha value is -1.22. The number of benzene rings is 1. The van der Waals surface area contributed by atoms with E-state index in [0.717, 1.165) is 31.2 Å². The Bertz CT molecular complexity index is 476. The van der Waals surface area contributed by atoms with Crippen molar-refractivity contribution < 1.29 is 9.18 Å². The highest BCUT2D eigenvalue weighted by Gasteiger charge is 2.42. The maximum absolute atomic E-state index is 14.0. The van der Waals surface area contributed by atoms with Crippen LogP contribution in [-0.4, -0.2) is 30.3 Å². The normalized spacial score (nSPS) is 18.6. The van der Waals surface area contributed by atoms with Crippen LogP contribution in [0.3, 0.4) is 0 Å². The number of ketones is 1. The Balaban J connectivity index is 2.42. The van der Waals surface area contributed by atoms with E-state index in [9.17, 15) is 9.18 Å². The predicted octanol–water partition coefficient (Wildman–Crippen LogP) is 3.58. The molecule has 1 saturated carbocycles. The summed E-state index contributed by atoms with van der Waals surface area (Å²) in [4.78, 5) is 14.8. The molecular formula is C16H22FNO. The van der Waals surface area contributed by atoms with Crippen molar-refractivity contribution in [3.05, 3.63) is 35.1 Å². The minimum Gasteiger partial charge on any atom is -0.297 e. The highest BCUT2D eigenvalue weighted by molar-refractivity contribution is 6.03. The van der Waals surface area contributed by atoms with Gasteiger partial charge in [-0.1, -0.05) is 30.9 Å². The zero-order chi connectivity index (χ0) is 14.0. The SMILES string of the molecule is Cc1ccc(F)c(C(=O)C2(N(C)C)CCCCC2)c1. The molecule has 0 saturated heterocycles. The van der Waals surface area contributed by atoms with E-state index in [1.165, 1.54) is 12.5 Å². The molecule has 0 aliphatic heterocycles. The van der Waals surface area contributed by atoms with Crippen molar-refractivity contribution in [2.45, 2.75) is 44.6 Å². The molecule has 0 radical (unpaired) electrons. The maximum Gasteiger partial charge on any atom is 0.185 e. The maximum atomic E-state index is 14.0. The fourth-order valence-corrected chi connectivity index (χ4v) is 3.08. The lowest BCUT2D eigenvalue weighted by atomic mass is 9.75. The van der Waals surface area contributed by atoms with Crippen LogP contribution in [0.1, 0.15) is 48.0 Å². The Labute approximate surface area is 114 Å². The second-order valence-corrected chi connectivity index (χ2v) is 5.80. The van der Waals surface area contributed by atoms with Crippen LogP contribution in [0, 0.1) is 12.7 Å². The lowest BCUT2D eigenvalue weighted by Crippen LogP contribution is -2.52. The molecular weight excluding hydrogens is 241 g/mol. The van der Waals surface area contributed by atoms with Gasteiger partial charge in [-0.2, -0.15) is 0 Å². The average molecular weight is 263 g/mol. The molecule has 0 aromatic heterocycles. The Kier molecular flexibility index (Phi) is 4.04. The summed E-state index contributed by atoms with van der Waals surface area (Å²) in [5.41, 5.74) is 0.650. The molecule has 2 rings (SSSR count). The number of hydrogen-bond donors (Lipinski definition) is 0. The van der Waals surface area contributed by atoms with Gasteiger partial charge >= 0.3 is 0 Å². The number of likely N-dealkylation sites (N-methyl/N-ethyl adjacent to an activating group) is 1. The Morgan fingerprint density at radius 1 is 1.21 bits per heavy atom. The Morgan fingerprint density at radius 2 is 1.84 bits per heavy atom. The largest absolute Gasteiger partial charge is 0.297 e. The molecule has 0 heterocycles. The quantitative estimate of drug-likeness (QED) is 0.777. The summed E-state index contributed by atoms with van der Waals surface area (Å²) in [6.07, 6.45) is 4.90. The van der Waals surface area contributed by atoms with Crippen molar-refractivity contribution in [2.75, 3.05) is 14.1 Å². The summed E-state index contributed by atoms with van der Waals surface area (Å²) < 4.78 is 14.0. The van der Waals surface area contributed by atoms with Gasteiger partial charge in [0.15, 0.2) is 5.78 Å². The minimum atomic E-state index is -0.521. The zero-order valence-corrected chi connectivity index (χ0v) is 12.0. The lowest BCUT2D eigenvalue weighted by molar-refractivity contribution is 0.0559. The van der Waals surface area contributed by atoms with Crippen LogP contribution >= 0.6 is 0 Å². The van der Waals surface area contributed by atoms with Crippen LogP contribution in [0.4, 0.5) is 4.39 Å². The lowest BCUT2D eigenvalue weighted by Gasteiger charge is -2.41. The monoisotopic (exact) mass is 263 g/mol. The van der Waals surface area contributed by atoms with Crippen molar-refractivity contribution in [1.82, 2.24) is 4.90 Å². The van der Waals surface area contributed by atoms with Crippen molar-refractivity contribution >= 4 is 5.78 Å². The van der Waals surface area contributed by atoms with Gasteiger partial charge in [-0.15, -0.1) is 0 Å². The van der Waals surface area contributed by atoms with E-state index in [1.807, 2.05) is 25.9 Å². The third kappa shape index (κ3) is 2.57. The third-order valence-electron chi connectivity index (χ3n) is 4.33. The molecule has 1 fully saturated rings. The highest BCUT2D eigenvalue weighted by Crippen LogP contribution is 2.35. The molecule has 104 valence electrons. The first-order valence-electron chi connectivity index (χ1n) is 6.96. The molecule has 0 unspecified atom stereocenters. The van der Waals surface area contributed by atoms with Gasteiger partial charge in [0, 0.05) is 0 Å². The molecule has 0 amide bonds. The fraction of sp³-hybridized carbons (Fsp3) is 0.562. The van der Waals surface area contributed by atoms with E-state index in [-0.39, 0.29) is 11.3 Å². The average Bonchev–Trinajstić information content (AvgIpc) is 2.41. The zero-order valence-electron chi connectivity index (χ0n) is 12.0. The summed E-state index contributed by atoms with van der Waals surface area (Å²) in [5, 5.41) is 0. The number of Topliss-reactive ketones (excluding diaryl/α,β-unsaturated/α-hetero) is 1. The van der Waals surface area contributed by atoms with E-state index in [4.69, 9.17) is 0 Å². The fourth-order valence-electron chi connectivity index (χ4n) is 3.08. The number of rotatable bonds is 3. The molecule has 1 aliphatic carbocycles. The van der Waals surface area contributed by atoms with E-state index in [2.05, 4.69) is 0 Å².